The highest BCUT2D eigenvalue weighted by Gasteiger charge is 2.14. The van der Waals surface area contributed by atoms with Crippen molar-refractivity contribution in [1.29, 1.82) is 0 Å². The van der Waals surface area contributed by atoms with E-state index < -0.39 is 17.5 Å². The van der Waals surface area contributed by atoms with Gasteiger partial charge in [-0.2, -0.15) is 0 Å². The van der Waals surface area contributed by atoms with Gasteiger partial charge in [0.1, 0.15) is 11.6 Å². The molecule has 0 spiro atoms. The van der Waals surface area contributed by atoms with Gasteiger partial charge in [0.15, 0.2) is 0 Å². The summed E-state index contributed by atoms with van der Waals surface area (Å²) in [7, 11) is 0. The molecule has 126 valence electrons. The number of hydrogen-bond donors (Lipinski definition) is 1. The fourth-order valence-corrected chi connectivity index (χ4v) is 2.24. The van der Waals surface area contributed by atoms with Gasteiger partial charge < -0.3 is 10.2 Å². The molecule has 6 heteroatoms. The maximum absolute atomic E-state index is 13.6. The molecule has 0 aliphatic rings. The van der Waals surface area contributed by atoms with Gasteiger partial charge in [0.25, 0.3) is 11.8 Å². The summed E-state index contributed by atoms with van der Waals surface area (Å²) in [6.45, 7) is 4.98. The summed E-state index contributed by atoms with van der Waals surface area (Å²) in [5, 5.41) is 2.37. The molecular formula is C18H18F2N2O2. The largest absolute Gasteiger partial charge is 0.339 e. The van der Waals surface area contributed by atoms with Gasteiger partial charge in [-0.1, -0.05) is 0 Å². The molecule has 24 heavy (non-hydrogen) atoms. The molecule has 4 nitrogen and oxygen atoms in total. The summed E-state index contributed by atoms with van der Waals surface area (Å²) in [6, 6.07) is 9.00. The molecule has 0 aromatic heterocycles. The number of anilines is 1. The van der Waals surface area contributed by atoms with Crippen molar-refractivity contribution in [2.24, 2.45) is 0 Å². The van der Waals surface area contributed by atoms with Crippen molar-refractivity contribution in [3.05, 3.63) is 65.2 Å². The molecule has 0 radical (unpaired) electrons. The molecule has 0 heterocycles. The predicted molar refractivity (Wildman–Crippen MR) is 88.0 cm³/mol. The van der Waals surface area contributed by atoms with Gasteiger partial charge >= 0.3 is 0 Å². The number of nitrogens with one attached hydrogen (secondary N) is 1. The smallest absolute Gasteiger partial charge is 0.255 e. The van der Waals surface area contributed by atoms with Crippen LogP contribution in [0.5, 0.6) is 0 Å². The minimum atomic E-state index is -0.850. The first-order valence-electron chi connectivity index (χ1n) is 7.62. The Balaban J connectivity index is 2.12. The third kappa shape index (κ3) is 3.95. The van der Waals surface area contributed by atoms with Crippen LogP contribution in [0, 0.1) is 11.6 Å². The molecule has 2 aromatic rings. The molecule has 2 aromatic carbocycles. The van der Waals surface area contributed by atoms with Crippen LogP contribution in [0.1, 0.15) is 34.6 Å². The third-order valence-electron chi connectivity index (χ3n) is 3.62. The quantitative estimate of drug-likeness (QED) is 0.907. The highest BCUT2D eigenvalue weighted by atomic mass is 19.1. The minimum Gasteiger partial charge on any atom is -0.339 e. The van der Waals surface area contributed by atoms with Crippen LogP contribution in [-0.4, -0.2) is 29.8 Å². The van der Waals surface area contributed by atoms with Gasteiger partial charge in [-0.25, -0.2) is 8.78 Å². The van der Waals surface area contributed by atoms with E-state index in [0.717, 1.165) is 12.1 Å². The van der Waals surface area contributed by atoms with Crippen molar-refractivity contribution in [2.75, 3.05) is 18.4 Å². The van der Waals surface area contributed by atoms with Crippen molar-refractivity contribution < 1.29 is 18.4 Å². The Kier molecular flexibility index (Phi) is 5.63. The molecule has 0 fully saturated rings. The van der Waals surface area contributed by atoms with E-state index in [1.54, 1.807) is 17.0 Å². The second-order valence-corrected chi connectivity index (χ2v) is 5.13. The number of amides is 2. The zero-order chi connectivity index (χ0) is 17.7. The Hall–Kier alpha value is -2.76. The maximum atomic E-state index is 13.6. The van der Waals surface area contributed by atoms with E-state index in [9.17, 15) is 18.4 Å². The zero-order valence-electron chi connectivity index (χ0n) is 13.5. The fraction of sp³-hybridized carbons (Fsp3) is 0.222. The van der Waals surface area contributed by atoms with E-state index in [2.05, 4.69) is 5.32 Å². The van der Waals surface area contributed by atoms with Gasteiger partial charge in [-0.15, -0.1) is 0 Å². The molecule has 0 saturated heterocycles. The standard InChI is InChI=1S/C18H18F2N2O2/c1-3-22(4-2)18(24)13-7-5-12(6-8-13)17(23)21-16-10-9-14(19)11-15(16)20/h5-11H,3-4H2,1-2H3,(H,21,23). The van der Waals surface area contributed by atoms with Gasteiger partial charge in [0.05, 0.1) is 5.69 Å². The molecule has 0 saturated carbocycles. The number of benzene rings is 2. The lowest BCUT2D eigenvalue weighted by atomic mass is 10.1. The fourth-order valence-electron chi connectivity index (χ4n) is 2.24. The van der Waals surface area contributed by atoms with E-state index in [1.165, 1.54) is 12.1 Å². The van der Waals surface area contributed by atoms with Crippen LogP contribution in [-0.2, 0) is 0 Å². The average molecular weight is 332 g/mol. The molecule has 0 bridgehead atoms. The van der Waals surface area contributed by atoms with E-state index in [4.69, 9.17) is 0 Å². The molecule has 1 N–H and O–H groups in total. The Morgan fingerprint density at radius 3 is 2.08 bits per heavy atom. The van der Waals surface area contributed by atoms with Gasteiger partial charge in [0, 0.05) is 30.3 Å². The number of halogens is 2. The van der Waals surface area contributed by atoms with Crippen LogP contribution in [0.25, 0.3) is 0 Å². The first kappa shape index (κ1) is 17.6. The van der Waals surface area contributed by atoms with E-state index in [-0.39, 0.29) is 17.2 Å². The van der Waals surface area contributed by atoms with Gasteiger partial charge in [-0.3, -0.25) is 9.59 Å². The molecule has 0 unspecified atom stereocenters. The van der Waals surface area contributed by atoms with Gasteiger partial charge in [-0.05, 0) is 50.2 Å². The first-order chi connectivity index (χ1) is 11.5. The average Bonchev–Trinajstić information content (AvgIpc) is 2.58. The Morgan fingerprint density at radius 2 is 1.54 bits per heavy atom. The molecule has 0 atom stereocenters. The van der Waals surface area contributed by atoms with Crippen LogP contribution >= 0.6 is 0 Å². The predicted octanol–water partition coefficient (Wildman–Crippen LogP) is 3.70. The summed E-state index contributed by atoms with van der Waals surface area (Å²) in [6.07, 6.45) is 0. The SMILES string of the molecule is CCN(CC)C(=O)c1ccc(C(=O)Nc2ccc(F)cc2F)cc1. The zero-order valence-corrected chi connectivity index (χ0v) is 13.5. The molecule has 0 aliphatic heterocycles. The Morgan fingerprint density at radius 1 is 0.958 bits per heavy atom. The van der Waals surface area contributed by atoms with Crippen LogP contribution in [0.3, 0.4) is 0 Å². The summed E-state index contributed by atoms with van der Waals surface area (Å²) in [5.74, 6) is -2.22. The monoisotopic (exact) mass is 332 g/mol. The van der Waals surface area contributed by atoms with E-state index in [0.29, 0.717) is 24.7 Å². The van der Waals surface area contributed by atoms with Crippen molar-refractivity contribution >= 4 is 17.5 Å². The maximum Gasteiger partial charge on any atom is 0.255 e. The van der Waals surface area contributed by atoms with E-state index >= 15 is 0 Å². The second kappa shape index (κ2) is 7.68. The van der Waals surface area contributed by atoms with Crippen molar-refractivity contribution in [2.45, 2.75) is 13.8 Å². The minimum absolute atomic E-state index is 0.107. The molecule has 2 rings (SSSR count). The summed E-state index contributed by atoms with van der Waals surface area (Å²) >= 11 is 0. The highest BCUT2D eigenvalue weighted by molar-refractivity contribution is 6.05. The number of carbonyl (C=O) groups is 2. The molecular weight excluding hydrogens is 314 g/mol. The van der Waals surface area contributed by atoms with Crippen LogP contribution in [0.4, 0.5) is 14.5 Å². The Labute approximate surface area is 139 Å². The third-order valence-corrected chi connectivity index (χ3v) is 3.62. The number of nitrogens with zero attached hydrogens (tertiary/aromatic N) is 1. The number of hydrogen-bond acceptors (Lipinski definition) is 2. The van der Waals surface area contributed by atoms with E-state index in [1.807, 2.05) is 13.8 Å². The number of rotatable bonds is 5. The first-order valence-corrected chi connectivity index (χ1v) is 7.62. The van der Waals surface area contributed by atoms with Crippen LogP contribution < -0.4 is 5.32 Å². The second-order valence-electron chi connectivity index (χ2n) is 5.13. The summed E-state index contributed by atoms with van der Waals surface area (Å²) < 4.78 is 26.4. The van der Waals surface area contributed by atoms with Gasteiger partial charge in [0.2, 0.25) is 0 Å². The summed E-state index contributed by atoms with van der Waals surface area (Å²) in [5.41, 5.74) is 0.641. The van der Waals surface area contributed by atoms with Crippen LogP contribution in [0.15, 0.2) is 42.5 Å². The lowest BCUT2D eigenvalue weighted by Crippen LogP contribution is -2.30. The van der Waals surface area contributed by atoms with Crippen molar-refractivity contribution in [3.63, 3.8) is 0 Å². The Bertz CT molecular complexity index is 741. The lowest BCUT2D eigenvalue weighted by molar-refractivity contribution is 0.0772. The lowest BCUT2D eigenvalue weighted by Gasteiger charge is -2.18. The molecule has 0 aliphatic carbocycles. The van der Waals surface area contributed by atoms with Crippen molar-refractivity contribution in [3.8, 4) is 0 Å². The molecule has 2 amide bonds. The highest BCUT2D eigenvalue weighted by Crippen LogP contribution is 2.16. The van der Waals surface area contributed by atoms with Crippen molar-refractivity contribution in [1.82, 2.24) is 4.90 Å². The van der Waals surface area contributed by atoms with Crippen LogP contribution in [0.2, 0.25) is 0 Å². The normalized spacial score (nSPS) is 10.3. The summed E-state index contributed by atoms with van der Waals surface area (Å²) in [4.78, 5) is 26.0. The topological polar surface area (TPSA) is 49.4 Å². The number of carbonyl (C=O) groups excluding carboxylic acids is 2.